The van der Waals surface area contributed by atoms with Gasteiger partial charge in [0, 0.05) is 17.8 Å². The lowest BCUT2D eigenvalue weighted by Gasteiger charge is -2.26. The number of urea groups is 1. The van der Waals surface area contributed by atoms with Crippen LogP contribution in [0.5, 0.6) is 11.5 Å². The number of anilines is 1. The molecule has 1 aromatic heterocycles. The lowest BCUT2D eigenvalue weighted by atomic mass is 10.1. The number of hydrogen-bond donors (Lipinski definition) is 2. The first-order valence-corrected chi connectivity index (χ1v) is 9.92. The summed E-state index contributed by atoms with van der Waals surface area (Å²) < 4.78 is 19.3. The molecule has 0 spiro atoms. The van der Waals surface area contributed by atoms with Gasteiger partial charge >= 0.3 is 6.03 Å². The Labute approximate surface area is 173 Å². The number of nitrogens with one attached hydrogen (secondary N) is 2. The fourth-order valence-electron chi connectivity index (χ4n) is 3.64. The largest absolute Gasteiger partial charge is 0.486 e. The number of ether oxygens (including phenoxy) is 3. The topological polar surface area (TPSA) is 86.6 Å². The number of amides is 2. The molecule has 0 saturated carbocycles. The van der Waals surface area contributed by atoms with Crippen LogP contribution in [-0.2, 0) is 17.9 Å². The highest BCUT2D eigenvalue weighted by atomic mass is 16.6. The van der Waals surface area contributed by atoms with Crippen molar-refractivity contribution in [3.8, 4) is 22.8 Å². The van der Waals surface area contributed by atoms with Gasteiger partial charge in [0.1, 0.15) is 25.6 Å². The van der Waals surface area contributed by atoms with Crippen molar-refractivity contribution < 1.29 is 19.0 Å². The third-order valence-corrected chi connectivity index (χ3v) is 5.13. The zero-order chi connectivity index (χ0) is 20.3. The van der Waals surface area contributed by atoms with Crippen molar-refractivity contribution in [2.24, 2.45) is 0 Å². The Morgan fingerprint density at radius 2 is 1.93 bits per heavy atom. The van der Waals surface area contributed by atoms with Crippen molar-refractivity contribution in [1.29, 1.82) is 0 Å². The van der Waals surface area contributed by atoms with Crippen LogP contribution in [0.3, 0.4) is 0 Å². The first-order chi connectivity index (χ1) is 14.8. The molecule has 0 unspecified atom stereocenters. The van der Waals surface area contributed by atoms with E-state index < -0.39 is 0 Å². The second kappa shape index (κ2) is 8.08. The maximum atomic E-state index is 12.2. The third-order valence-electron chi connectivity index (χ3n) is 5.13. The summed E-state index contributed by atoms with van der Waals surface area (Å²) in [5.74, 6) is 2.38. The van der Waals surface area contributed by atoms with Crippen molar-refractivity contribution in [3.63, 3.8) is 0 Å². The molecule has 8 nitrogen and oxygen atoms in total. The maximum Gasteiger partial charge on any atom is 0.319 e. The Balaban J connectivity index is 1.25. The highest BCUT2D eigenvalue weighted by Gasteiger charge is 2.24. The SMILES string of the molecule is O=C(NC[C@H]1Cn2c(-c3ccc4c(c3)OCCO4)cnc2CO1)Nc1ccccc1. The summed E-state index contributed by atoms with van der Waals surface area (Å²) in [5, 5.41) is 5.69. The van der Waals surface area contributed by atoms with Gasteiger partial charge in [-0.2, -0.15) is 0 Å². The van der Waals surface area contributed by atoms with Gasteiger partial charge in [-0.3, -0.25) is 0 Å². The number of imidazole rings is 1. The lowest BCUT2D eigenvalue weighted by molar-refractivity contribution is 0.00514. The molecule has 0 radical (unpaired) electrons. The molecule has 2 N–H and O–H groups in total. The molecule has 0 saturated heterocycles. The Bertz CT molecular complexity index is 1050. The number of hydrogen-bond acceptors (Lipinski definition) is 5. The maximum absolute atomic E-state index is 12.2. The summed E-state index contributed by atoms with van der Waals surface area (Å²) in [5.41, 5.74) is 2.75. The standard InChI is InChI=1S/C22H22N4O4/c27-22(25-16-4-2-1-3-5-16)24-11-17-13-26-18(12-23-21(26)14-30-17)15-6-7-19-20(10-15)29-9-8-28-19/h1-7,10,12,17H,8-9,11,13-14H2,(H2,24,25,27)/t17-/m0/s1. The molecule has 5 rings (SSSR count). The van der Waals surface area contributed by atoms with E-state index in [1.165, 1.54) is 0 Å². The Morgan fingerprint density at radius 3 is 2.80 bits per heavy atom. The zero-order valence-corrected chi connectivity index (χ0v) is 16.3. The van der Waals surface area contributed by atoms with Crippen LogP contribution in [0, 0.1) is 0 Å². The molecule has 2 amide bonds. The van der Waals surface area contributed by atoms with Gasteiger partial charge in [0.25, 0.3) is 0 Å². The van der Waals surface area contributed by atoms with Crippen LogP contribution in [0.25, 0.3) is 11.3 Å². The van der Waals surface area contributed by atoms with Crippen molar-refractivity contribution >= 4 is 11.7 Å². The molecule has 0 fully saturated rings. The van der Waals surface area contributed by atoms with Crippen LogP contribution < -0.4 is 20.1 Å². The van der Waals surface area contributed by atoms with Gasteiger partial charge in [-0.1, -0.05) is 18.2 Å². The molecule has 2 aromatic carbocycles. The molecule has 2 aliphatic rings. The number of benzene rings is 2. The predicted octanol–water partition coefficient (Wildman–Crippen LogP) is 3.04. The lowest BCUT2D eigenvalue weighted by Crippen LogP contribution is -2.40. The minimum atomic E-state index is -0.256. The van der Waals surface area contributed by atoms with E-state index in [0.717, 1.165) is 34.3 Å². The summed E-state index contributed by atoms with van der Waals surface area (Å²) >= 11 is 0. The molecule has 8 heteroatoms. The molecular formula is C22H22N4O4. The summed E-state index contributed by atoms with van der Waals surface area (Å²) in [4.78, 5) is 16.6. The van der Waals surface area contributed by atoms with E-state index in [4.69, 9.17) is 14.2 Å². The molecular weight excluding hydrogens is 384 g/mol. The third kappa shape index (κ3) is 3.81. The number of carbonyl (C=O) groups excluding carboxylic acids is 1. The van der Waals surface area contributed by atoms with Gasteiger partial charge in [0.15, 0.2) is 11.5 Å². The van der Waals surface area contributed by atoms with Crippen LogP contribution in [0.4, 0.5) is 10.5 Å². The monoisotopic (exact) mass is 406 g/mol. The minimum Gasteiger partial charge on any atom is -0.486 e. The van der Waals surface area contributed by atoms with E-state index in [1.807, 2.05) is 54.7 Å². The van der Waals surface area contributed by atoms with Crippen LogP contribution in [-0.4, -0.2) is 41.4 Å². The van der Waals surface area contributed by atoms with Gasteiger partial charge in [0.2, 0.25) is 0 Å². The molecule has 3 heterocycles. The minimum absolute atomic E-state index is 0.149. The highest BCUT2D eigenvalue weighted by molar-refractivity contribution is 5.89. The molecule has 2 aliphatic heterocycles. The molecule has 154 valence electrons. The van der Waals surface area contributed by atoms with E-state index in [9.17, 15) is 4.79 Å². The Morgan fingerprint density at radius 1 is 1.10 bits per heavy atom. The zero-order valence-electron chi connectivity index (χ0n) is 16.3. The summed E-state index contributed by atoms with van der Waals surface area (Å²) in [7, 11) is 0. The van der Waals surface area contributed by atoms with Gasteiger partial charge in [-0.25, -0.2) is 9.78 Å². The Kier molecular flexibility index (Phi) is 4.98. The van der Waals surface area contributed by atoms with E-state index in [2.05, 4.69) is 20.2 Å². The molecule has 3 aromatic rings. The van der Waals surface area contributed by atoms with Gasteiger partial charge in [-0.15, -0.1) is 0 Å². The normalized spacial score (nSPS) is 17.1. The number of nitrogens with zero attached hydrogens (tertiary/aromatic N) is 2. The number of para-hydroxylation sites is 1. The van der Waals surface area contributed by atoms with Gasteiger partial charge in [0.05, 0.1) is 24.5 Å². The number of carbonyl (C=O) groups is 1. The number of aromatic nitrogens is 2. The van der Waals surface area contributed by atoms with Gasteiger partial charge in [-0.05, 0) is 30.3 Å². The number of fused-ring (bicyclic) bond motifs is 2. The van der Waals surface area contributed by atoms with Crippen molar-refractivity contribution in [2.45, 2.75) is 19.3 Å². The van der Waals surface area contributed by atoms with Gasteiger partial charge < -0.3 is 29.4 Å². The second-order valence-corrected chi connectivity index (χ2v) is 7.16. The van der Waals surface area contributed by atoms with Crippen molar-refractivity contribution in [1.82, 2.24) is 14.9 Å². The van der Waals surface area contributed by atoms with Crippen LogP contribution in [0.15, 0.2) is 54.7 Å². The fraction of sp³-hybridized carbons (Fsp3) is 0.273. The average Bonchev–Trinajstić information content (AvgIpc) is 3.21. The molecule has 1 atom stereocenters. The average molecular weight is 406 g/mol. The van der Waals surface area contributed by atoms with Crippen molar-refractivity contribution in [3.05, 3.63) is 60.6 Å². The molecule has 0 bridgehead atoms. The second-order valence-electron chi connectivity index (χ2n) is 7.16. The summed E-state index contributed by atoms with van der Waals surface area (Å²) in [6.45, 7) is 2.52. The Hall–Kier alpha value is -3.52. The highest BCUT2D eigenvalue weighted by Crippen LogP contribution is 2.35. The van der Waals surface area contributed by atoms with Crippen LogP contribution in [0.1, 0.15) is 5.82 Å². The van der Waals surface area contributed by atoms with E-state index in [-0.39, 0.29) is 12.1 Å². The quantitative estimate of drug-likeness (QED) is 0.696. The first kappa shape index (κ1) is 18.5. The van der Waals surface area contributed by atoms with Crippen molar-refractivity contribution in [2.75, 3.05) is 25.1 Å². The molecule has 30 heavy (non-hydrogen) atoms. The van der Waals surface area contributed by atoms with E-state index in [0.29, 0.717) is 32.9 Å². The number of rotatable bonds is 4. The summed E-state index contributed by atoms with van der Waals surface area (Å²) in [6.07, 6.45) is 1.70. The van der Waals surface area contributed by atoms with E-state index in [1.54, 1.807) is 0 Å². The van der Waals surface area contributed by atoms with Crippen LogP contribution in [0.2, 0.25) is 0 Å². The fourth-order valence-corrected chi connectivity index (χ4v) is 3.64. The van der Waals surface area contributed by atoms with E-state index >= 15 is 0 Å². The predicted molar refractivity (Wildman–Crippen MR) is 111 cm³/mol. The smallest absolute Gasteiger partial charge is 0.319 e. The summed E-state index contributed by atoms with van der Waals surface area (Å²) in [6, 6.07) is 15.0. The first-order valence-electron chi connectivity index (χ1n) is 9.92. The molecule has 0 aliphatic carbocycles. The van der Waals surface area contributed by atoms with Crippen LogP contribution >= 0.6 is 0 Å².